The van der Waals surface area contributed by atoms with Crippen LogP contribution >= 0.6 is 0 Å². The van der Waals surface area contributed by atoms with Gasteiger partial charge in [0.1, 0.15) is 5.75 Å². The molecule has 130 valence electrons. The average Bonchev–Trinajstić information content (AvgIpc) is 3.00. The quantitative estimate of drug-likeness (QED) is 0.920. The second kappa shape index (κ2) is 6.28. The number of benzene rings is 1. The smallest absolute Gasteiger partial charge is 0.227 e. The maximum absolute atomic E-state index is 12.3. The first kappa shape index (κ1) is 15.8. The summed E-state index contributed by atoms with van der Waals surface area (Å²) in [6, 6.07) is 6.38. The van der Waals surface area contributed by atoms with Crippen LogP contribution in [0.3, 0.4) is 0 Å². The number of ether oxygens (including phenoxy) is 2. The Morgan fingerprint density at radius 3 is 2.83 bits per heavy atom. The predicted octanol–water partition coefficient (Wildman–Crippen LogP) is 3.34. The average molecular weight is 330 g/mol. The fourth-order valence-corrected chi connectivity index (χ4v) is 4.14. The van der Waals surface area contributed by atoms with Gasteiger partial charge in [0.25, 0.3) is 0 Å². The molecule has 2 aliphatic heterocycles. The van der Waals surface area contributed by atoms with Gasteiger partial charge in [0.2, 0.25) is 5.91 Å². The Balaban J connectivity index is 1.51. The molecule has 1 unspecified atom stereocenters. The number of rotatable bonds is 4. The number of carbonyl (C=O) groups excluding carboxylic acids is 1. The van der Waals surface area contributed by atoms with Crippen molar-refractivity contribution in [1.82, 2.24) is 0 Å². The summed E-state index contributed by atoms with van der Waals surface area (Å²) in [5.74, 6) is 0.947. The molecule has 3 aliphatic rings. The van der Waals surface area contributed by atoms with E-state index >= 15 is 0 Å². The van der Waals surface area contributed by atoms with E-state index in [9.17, 15) is 4.79 Å². The Morgan fingerprint density at radius 1 is 1.29 bits per heavy atom. The lowest BCUT2D eigenvalue weighted by Crippen LogP contribution is -2.36. The number of piperidine rings is 1. The monoisotopic (exact) mass is 330 g/mol. The van der Waals surface area contributed by atoms with Crippen molar-refractivity contribution in [1.29, 1.82) is 0 Å². The second-order valence-corrected chi connectivity index (χ2v) is 7.28. The van der Waals surface area contributed by atoms with Crippen LogP contribution in [-0.4, -0.2) is 37.8 Å². The molecule has 2 heterocycles. The van der Waals surface area contributed by atoms with Gasteiger partial charge in [-0.3, -0.25) is 4.79 Å². The van der Waals surface area contributed by atoms with E-state index in [0.717, 1.165) is 49.5 Å². The van der Waals surface area contributed by atoms with Crippen LogP contribution in [0.2, 0.25) is 0 Å². The van der Waals surface area contributed by atoms with Gasteiger partial charge in [-0.2, -0.15) is 0 Å². The van der Waals surface area contributed by atoms with Gasteiger partial charge in [0.15, 0.2) is 0 Å². The number of nitrogens with one attached hydrogen (secondary N) is 1. The minimum absolute atomic E-state index is 0.149. The molecule has 1 N–H and O–H groups in total. The minimum atomic E-state index is 0.149. The van der Waals surface area contributed by atoms with Crippen LogP contribution in [0.25, 0.3) is 0 Å². The van der Waals surface area contributed by atoms with Crippen LogP contribution in [-0.2, 0) is 9.53 Å². The molecule has 1 aromatic carbocycles. The summed E-state index contributed by atoms with van der Waals surface area (Å²) in [6.07, 6.45) is 7.42. The molecule has 1 aromatic rings. The highest BCUT2D eigenvalue weighted by Gasteiger charge is 2.45. The number of hydrogen-bond donors (Lipinski definition) is 1. The van der Waals surface area contributed by atoms with Gasteiger partial charge in [-0.15, -0.1) is 0 Å². The van der Waals surface area contributed by atoms with Gasteiger partial charge in [0.05, 0.1) is 31.0 Å². The Kier molecular flexibility index (Phi) is 4.12. The third-order valence-corrected chi connectivity index (χ3v) is 5.64. The molecular weight excluding hydrogens is 304 g/mol. The van der Waals surface area contributed by atoms with Crippen molar-refractivity contribution in [2.24, 2.45) is 0 Å². The number of nitrogens with zero attached hydrogens (tertiary/aromatic N) is 1. The lowest BCUT2D eigenvalue weighted by Gasteiger charge is -2.37. The number of anilines is 2. The number of methoxy groups -OCH3 is 1. The first-order valence-corrected chi connectivity index (χ1v) is 9.08. The van der Waals surface area contributed by atoms with E-state index < -0.39 is 0 Å². The molecule has 5 heteroatoms. The largest absolute Gasteiger partial charge is 0.495 e. The van der Waals surface area contributed by atoms with Crippen molar-refractivity contribution in [2.45, 2.75) is 56.6 Å². The molecule has 24 heavy (non-hydrogen) atoms. The van der Waals surface area contributed by atoms with Crippen molar-refractivity contribution < 1.29 is 14.3 Å². The van der Waals surface area contributed by atoms with Gasteiger partial charge >= 0.3 is 0 Å². The molecule has 4 rings (SSSR count). The fourth-order valence-electron chi connectivity index (χ4n) is 4.14. The van der Waals surface area contributed by atoms with Gasteiger partial charge in [-0.05, 0) is 56.7 Å². The van der Waals surface area contributed by atoms with Gasteiger partial charge in [-0.1, -0.05) is 0 Å². The SMILES string of the molecule is COc1ccc(NC2COC3(CCC3)C2)cc1N1CCCCC1=O. The topological polar surface area (TPSA) is 50.8 Å². The molecular formula is C19H26N2O3. The van der Waals surface area contributed by atoms with Crippen molar-refractivity contribution >= 4 is 17.3 Å². The lowest BCUT2D eigenvalue weighted by atomic mass is 9.77. The van der Waals surface area contributed by atoms with Gasteiger partial charge in [0, 0.05) is 18.7 Å². The van der Waals surface area contributed by atoms with Crippen LogP contribution in [0.15, 0.2) is 18.2 Å². The molecule has 2 saturated heterocycles. The molecule has 0 radical (unpaired) electrons. The van der Waals surface area contributed by atoms with E-state index in [1.165, 1.54) is 19.3 Å². The van der Waals surface area contributed by atoms with Gasteiger partial charge < -0.3 is 19.7 Å². The summed E-state index contributed by atoms with van der Waals surface area (Å²) in [7, 11) is 1.66. The van der Waals surface area contributed by atoms with Crippen molar-refractivity contribution in [3.63, 3.8) is 0 Å². The summed E-state index contributed by atoms with van der Waals surface area (Å²) >= 11 is 0. The molecule has 3 fully saturated rings. The maximum atomic E-state index is 12.3. The molecule has 1 spiro atoms. The molecule has 0 aromatic heterocycles. The van der Waals surface area contributed by atoms with E-state index in [-0.39, 0.29) is 11.5 Å². The number of amides is 1. The predicted molar refractivity (Wildman–Crippen MR) is 93.8 cm³/mol. The molecule has 0 bridgehead atoms. The van der Waals surface area contributed by atoms with Crippen LogP contribution in [0.1, 0.15) is 44.9 Å². The standard InChI is InChI=1S/C19H26N2O3/c1-23-17-7-6-14(11-16(17)21-10-3-2-5-18(21)22)20-15-12-19(24-13-15)8-4-9-19/h6-7,11,15,20H,2-5,8-10,12-13H2,1H3. The third-order valence-electron chi connectivity index (χ3n) is 5.64. The third kappa shape index (κ3) is 2.86. The fraction of sp³-hybridized carbons (Fsp3) is 0.632. The van der Waals surface area contributed by atoms with Gasteiger partial charge in [-0.25, -0.2) is 0 Å². The van der Waals surface area contributed by atoms with E-state index in [0.29, 0.717) is 12.5 Å². The van der Waals surface area contributed by atoms with Crippen LogP contribution < -0.4 is 15.0 Å². The summed E-state index contributed by atoms with van der Waals surface area (Å²) in [4.78, 5) is 14.1. The highest BCUT2D eigenvalue weighted by atomic mass is 16.5. The summed E-state index contributed by atoms with van der Waals surface area (Å²) in [5, 5.41) is 3.59. The number of carbonyl (C=O) groups is 1. The second-order valence-electron chi connectivity index (χ2n) is 7.28. The summed E-state index contributed by atoms with van der Waals surface area (Å²) in [6.45, 7) is 1.54. The Hall–Kier alpha value is -1.75. The molecule has 5 nitrogen and oxygen atoms in total. The maximum Gasteiger partial charge on any atom is 0.227 e. The highest BCUT2D eigenvalue weighted by molar-refractivity contribution is 5.96. The summed E-state index contributed by atoms with van der Waals surface area (Å²) < 4.78 is 11.5. The Labute approximate surface area is 143 Å². The number of hydrogen-bond acceptors (Lipinski definition) is 4. The van der Waals surface area contributed by atoms with Crippen molar-refractivity contribution in [3.05, 3.63) is 18.2 Å². The normalized spacial score (nSPS) is 25.6. The molecule has 1 amide bonds. The zero-order valence-electron chi connectivity index (χ0n) is 14.3. The van der Waals surface area contributed by atoms with E-state index in [1.54, 1.807) is 7.11 Å². The van der Waals surface area contributed by atoms with Crippen molar-refractivity contribution in [3.8, 4) is 5.75 Å². The summed E-state index contributed by atoms with van der Waals surface area (Å²) in [5.41, 5.74) is 2.06. The molecule has 1 atom stereocenters. The van der Waals surface area contributed by atoms with E-state index in [1.807, 2.05) is 23.1 Å². The van der Waals surface area contributed by atoms with E-state index in [2.05, 4.69) is 5.32 Å². The first-order valence-electron chi connectivity index (χ1n) is 9.08. The van der Waals surface area contributed by atoms with Crippen LogP contribution in [0.5, 0.6) is 5.75 Å². The molecule has 1 aliphatic carbocycles. The zero-order chi connectivity index (χ0) is 16.6. The van der Waals surface area contributed by atoms with Crippen LogP contribution in [0.4, 0.5) is 11.4 Å². The Morgan fingerprint density at radius 2 is 2.17 bits per heavy atom. The lowest BCUT2D eigenvalue weighted by molar-refractivity contribution is -0.119. The first-order chi connectivity index (χ1) is 11.7. The molecule has 1 saturated carbocycles. The van der Waals surface area contributed by atoms with E-state index in [4.69, 9.17) is 9.47 Å². The minimum Gasteiger partial charge on any atom is -0.495 e. The highest BCUT2D eigenvalue weighted by Crippen LogP contribution is 2.44. The zero-order valence-corrected chi connectivity index (χ0v) is 14.3. The van der Waals surface area contributed by atoms with Crippen molar-refractivity contribution in [2.75, 3.05) is 30.5 Å². The van der Waals surface area contributed by atoms with Crippen LogP contribution in [0, 0.1) is 0 Å². The Bertz CT molecular complexity index is 627.